The molecular formula is C4H8KO11PS. The van der Waals surface area contributed by atoms with Gasteiger partial charge in [-0.25, -0.2) is 4.57 Å². The SMILES string of the molecule is O=C(O)CC(C(=O)[O-])S(=O)(=O)O.O=P(O)(O)O.[K+]. The van der Waals surface area contributed by atoms with Gasteiger partial charge >= 0.3 is 65.2 Å². The van der Waals surface area contributed by atoms with Gasteiger partial charge in [-0.3, -0.25) is 9.35 Å². The van der Waals surface area contributed by atoms with E-state index in [0.717, 1.165) is 0 Å². The van der Waals surface area contributed by atoms with Gasteiger partial charge in [0.15, 0.2) is 0 Å². The van der Waals surface area contributed by atoms with Gasteiger partial charge in [0.25, 0.3) is 10.1 Å². The van der Waals surface area contributed by atoms with E-state index in [0.29, 0.717) is 0 Å². The Morgan fingerprint density at radius 1 is 1.22 bits per heavy atom. The molecule has 14 heteroatoms. The summed E-state index contributed by atoms with van der Waals surface area (Å²) in [5.74, 6) is -3.79. The average molecular weight is 334 g/mol. The second-order valence-electron chi connectivity index (χ2n) is 2.43. The van der Waals surface area contributed by atoms with Crippen LogP contribution >= 0.6 is 7.82 Å². The van der Waals surface area contributed by atoms with Crippen molar-refractivity contribution >= 4 is 29.9 Å². The molecule has 0 aromatic rings. The summed E-state index contributed by atoms with van der Waals surface area (Å²) in [6.45, 7) is 0. The summed E-state index contributed by atoms with van der Waals surface area (Å²) in [7, 11) is -9.54. The Morgan fingerprint density at radius 3 is 1.56 bits per heavy atom. The quantitative estimate of drug-likeness (QED) is 0.185. The maximum atomic E-state index is 10.2. The molecule has 0 aliphatic rings. The van der Waals surface area contributed by atoms with Gasteiger partial charge in [-0.05, 0) is 0 Å². The van der Waals surface area contributed by atoms with Crippen molar-refractivity contribution in [3.8, 4) is 0 Å². The molecular weight excluding hydrogens is 326 g/mol. The predicted octanol–water partition coefficient (Wildman–Crippen LogP) is -6.46. The van der Waals surface area contributed by atoms with Crippen LogP contribution in [0, 0.1) is 0 Å². The van der Waals surface area contributed by atoms with Crippen LogP contribution in [0.1, 0.15) is 6.42 Å². The van der Waals surface area contributed by atoms with Crippen LogP contribution in [0.4, 0.5) is 0 Å². The number of aliphatic carboxylic acids is 2. The standard InChI is InChI=1S/C4H6O7S.K.H3O4P/c5-3(6)1-2(4(7)8)12(9,10)11;;1-5(2,3)4/h2H,1H2,(H,5,6)(H,7,8)(H,9,10,11);;(H3,1,2,3,4)/q;+1;/p-1. The van der Waals surface area contributed by atoms with E-state index < -0.39 is 41.6 Å². The Kier molecular flexibility index (Phi) is 12.5. The van der Waals surface area contributed by atoms with Crippen LogP contribution in [0.3, 0.4) is 0 Å². The molecule has 0 aliphatic carbocycles. The van der Waals surface area contributed by atoms with Crippen molar-refractivity contribution < 1.29 is 103 Å². The smallest absolute Gasteiger partial charge is 0.549 e. The van der Waals surface area contributed by atoms with E-state index in [1.165, 1.54) is 0 Å². The first-order chi connectivity index (χ1) is 7.25. The Bertz CT molecular complexity index is 414. The van der Waals surface area contributed by atoms with Crippen LogP contribution in [0.25, 0.3) is 0 Å². The summed E-state index contributed by atoms with van der Waals surface area (Å²) < 4.78 is 37.4. The fourth-order valence-electron chi connectivity index (χ4n) is 0.469. The molecule has 18 heavy (non-hydrogen) atoms. The summed E-state index contributed by atoms with van der Waals surface area (Å²) in [6, 6.07) is 0. The van der Waals surface area contributed by atoms with Crippen molar-refractivity contribution in [1.82, 2.24) is 0 Å². The summed E-state index contributed by atoms with van der Waals surface area (Å²) >= 11 is 0. The molecule has 5 N–H and O–H groups in total. The van der Waals surface area contributed by atoms with Crippen LogP contribution in [-0.4, -0.2) is 49.9 Å². The van der Waals surface area contributed by atoms with Crippen molar-refractivity contribution in [2.24, 2.45) is 0 Å². The molecule has 1 unspecified atom stereocenters. The minimum absolute atomic E-state index is 0. The molecule has 0 aromatic carbocycles. The minimum Gasteiger partial charge on any atom is -0.549 e. The second kappa shape index (κ2) is 9.49. The molecule has 0 heterocycles. The summed E-state index contributed by atoms with van der Waals surface area (Å²) in [6.07, 6.45) is -1.22. The van der Waals surface area contributed by atoms with Gasteiger partial charge in [0.05, 0.1) is 12.4 Å². The second-order valence-corrected chi connectivity index (χ2v) is 5.06. The Morgan fingerprint density at radius 2 is 1.50 bits per heavy atom. The topological polar surface area (TPSA) is 210 Å². The largest absolute Gasteiger partial charge is 1.00 e. The van der Waals surface area contributed by atoms with Crippen LogP contribution in [-0.2, 0) is 24.3 Å². The van der Waals surface area contributed by atoms with Crippen LogP contribution < -0.4 is 56.5 Å². The molecule has 0 spiro atoms. The van der Waals surface area contributed by atoms with Crippen molar-refractivity contribution in [3.63, 3.8) is 0 Å². The molecule has 0 aromatic heterocycles. The fourth-order valence-corrected chi connectivity index (χ4v) is 1.07. The van der Waals surface area contributed by atoms with Gasteiger partial charge in [-0.2, -0.15) is 8.42 Å². The number of hydrogen-bond donors (Lipinski definition) is 5. The third-order valence-electron chi connectivity index (χ3n) is 0.982. The number of carbonyl (C=O) groups excluding carboxylic acids is 1. The summed E-state index contributed by atoms with van der Waals surface area (Å²) in [4.78, 5) is 41.4. The van der Waals surface area contributed by atoms with Crippen molar-refractivity contribution in [2.45, 2.75) is 11.7 Å². The summed E-state index contributed by atoms with van der Waals surface area (Å²) in [5, 5.41) is 15.6. The molecule has 0 radical (unpaired) electrons. The van der Waals surface area contributed by atoms with Crippen molar-refractivity contribution in [3.05, 3.63) is 0 Å². The molecule has 1 atom stereocenters. The van der Waals surface area contributed by atoms with E-state index in [-0.39, 0.29) is 51.4 Å². The van der Waals surface area contributed by atoms with Gasteiger partial charge in [0, 0.05) is 0 Å². The van der Waals surface area contributed by atoms with Crippen LogP contribution in [0.15, 0.2) is 0 Å². The monoisotopic (exact) mass is 334 g/mol. The molecule has 0 bridgehead atoms. The van der Waals surface area contributed by atoms with E-state index in [4.69, 9.17) is 28.9 Å². The Labute approximate surface area is 143 Å². The van der Waals surface area contributed by atoms with Crippen LogP contribution in [0.2, 0.25) is 0 Å². The zero-order valence-corrected chi connectivity index (χ0v) is 13.7. The van der Waals surface area contributed by atoms with E-state index in [2.05, 4.69) is 0 Å². The Balaban J connectivity index is -0.000000321. The number of carbonyl (C=O) groups is 2. The fraction of sp³-hybridized carbons (Fsp3) is 0.500. The number of carboxylic acid groups (broad SMARTS) is 2. The number of carboxylic acids is 2. The maximum Gasteiger partial charge on any atom is 1.00 e. The number of hydrogen-bond acceptors (Lipinski definition) is 6. The first-order valence-electron chi connectivity index (χ1n) is 3.42. The predicted molar refractivity (Wildman–Crippen MR) is 46.9 cm³/mol. The molecule has 0 rings (SSSR count). The zero-order chi connectivity index (χ0) is 14.4. The van der Waals surface area contributed by atoms with Crippen molar-refractivity contribution in [2.75, 3.05) is 0 Å². The van der Waals surface area contributed by atoms with Crippen molar-refractivity contribution in [1.29, 1.82) is 0 Å². The third kappa shape index (κ3) is 18.9. The van der Waals surface area contributed by atoms with E-state index in [9.17, 15) is 23.1 Å². The Hall–Kier alpha value is 0.596. The maximum absolute atomic E-state index is 10.2. The van der Waals surface area contributed by atoms with Gasteiger partial charge in [-0.15, -0.1) is 0 Å². The zero-order valence-electron chi connectivity index (χ0n) is 8.83. The third-order valence-corrected chi connectivity index (χ3v) is 2.06. The first-order valence-corrected chi connectivity index (χ1v) is 6.49. The molecule has 0 amide bonds. The molecule has 0 saturated carbocycles. The molecule has 0 saturated heterocycles. The average Bonchev–Trinajstić information content (AvgIpc) is 1.93. The van der Waals surface area contributed by atoms with Gasteiger partial charge in [-0.1, -0.05) is 0 Å². The molecule has 102 valence electrons. The van der Waals surface area contributed by atoms with Crippen LogP contribution in [0.5, 0.6) is 0 Å². The number of phosphoric acid groups is 1. The van der Waals surface area contributed by atoms with Gasteiger partial charge < -0.3 is 29.7 Å². The van der Waals surface area contributed by atoms with Gasteiger partial charge in [0.2, 0.25) is 0 Å². The normalized spacial score (nSPS) is 12.4. The van der Waals surface area contributed by atoms with E-state index in [1.54, 1.807) is 0 Å². The van der Waals surface area contributed by atoms with E-state index >= 15 is 0 Å². The molecule has 11 nitrogen and oxygen atoms in total. The molecule has 0 aliphatic heterocycles. The molecule has 0 fully saturated rings. The number of rotatable bonds is 4. The first kappa shape index (κ1) is 23.7. The van der Waals surface area contributed by atoms with E-state index in [1.807, 2.05) is 0 Å². The summed E-state index contributed by atoms with van der Waals surface area (Å²) in [5.41, 5.74) is 0. The minimum atomic E-state index is -4.90. The van der Waals surface area contributed by atoms with Gasteiger partial charge in [0.1, 0.15) is 5.25 Å².